The summed E-state index contributed by atoms with van der Waals surface area (Å²) in [5, 5.41) is 5.89. The normalized spacial score (nSPS) is 28.5. The zero-order valence-electron chi connectivity index (χ0n) is 8.60. The van der Waals surface area contributed by atoms with Crippen molar-refractivity contribution < 1.29 is 4.79 Å². The van der Waals surface area contributed by atoms with Crippen molar-refractivity contribution in [2.24, 2.45) is 5.92 Å². The molecule has 2 N–H and O–H groups in total. The first-order chi connectivity index (χ1) is 6.22. The third-order valence-electron chi connectivity index (χ3n) is 2.85. The molecule has 1 rings (SSSR count). The Morgan fingerprint density at radius 1 is 1.31 bits per heavy atom. The maximum absolute atomic E-state index is 10.9. The predicted molar refractivity (Wildman–Crippen MR) is 53.5 cm³/mol. The van der Waals surface area contributed by atoms with Crippen LogP contribution in [0.1, 0.15) is 32.6 Å². The zero-order valence-corrected chi connectivity index (χ0v) is 8.60. The Hall–Kier alpha value is -0.570. The number of nitrogens with one attached hydrogen (secondary N) is 2. The van der Waals surface area contributed by atoms with Crippen LogP contribution in [-0.4, -0.2) is 25.5 Å². The van der Waals surface area contributed by atoms with Crippen molar-refractivity contribution in [2.75, 3.05) is 13.6 Å². The Morgan fingerprint density at radius 2 is 1.92 bits per heavy atom. The van der Waals surface area contributed by atoms with Gasteiger partial charge in [0.2, 0.25) is 5.91 Å². The summed E-state index contributed by atoms with van der Waals surface area (Å²) >= 11 is 0. The fraction of sp³-hybridized carbons (Fsp3) is 0.900. The molecule has 0 atom stereocenters. The first-order valence-corrected chi connectivity index (χ1v) is 5.16. The molecule has 0 aromatic heterocycles. The molecule has 0 aromatic rings. The Kier molecular flexibility index (Phi) is 4.22. The van der Waals surface area contributed by atoms with Crippen LogP contribution in [-0.2, 0) is 4.79 Å². The topological polar surface area (TPSA) is 41.1 Å². The minimum Gasteiger partial charge on any atom is -0.358 e. The summed E-state index contributed by atoms with van der Waals surface area (Å²) in [5.74, 6) is 0.955. The summed E-state index contributed by atoms with van der Waals surface area (Å²) in [6.45, 7) is 2.77. The lowest BCUT2D eigenvalue weighted by Crippen LogP contribution is -2.39. The number of hydrogen-bond donors (Lipinski definition) is 2. The average molecular weight is 184 g/mol. The Balaban J connectivity index is 2.12. The molecule has 0 spiro atoms. The molecule has 0 aromatic carbocycles. The predicted octanol–water partition coefficient (Wildman–Crippen LogP) is 0.901. The summed E-state index contributed by atoms with van der Waals surface area (Å²) in [6.07, 6.45) is 5.03. The highest BCUT2D eigenvalue weighted by atomic mass is 16.1. The van der Waals surface area contributed by atoms with Gasteiger partial charge in [-0.15, -0.1) is 0 Å². The summed E-state index contributed by atoms with van der Waals surface area (Å²) < 4.78 is 0. The molecule has 0 unspecified atom stereocenters. The number of likely N-dealkylation sites (N-methyl/N-ethyl adjacent to an activating group) is 1. The molecule has 76 valence electrons. The molecule has 0 radical (unpaired) electrons. The van der Waals surface area contributed by atoms with Gasteiger partial charge in [0.15, 0.2) is 0 Å². The van der Waals surface area contributed by atoms with E-state index < -0.39 is 0 Å². The van der Waals surface area contributed by atoms with E-state index in [9.17, 15) is 4.79 Å². The van der Waals surface area contributed by atoms with E-state index in [0.29, 0.717) is 12.6 Å². The van der Waals surface area contributed by atoms with Gasteiger partial charge in [-0.2, -0.15) is 0 Å². The van der Waals surface area contributed by atoms with E-state index in [1.54, 1.807) is 7.05 Å². The van der Waals surface area contributed by atoms with Gasteiger partial charge in [0.25, 0.3) is 0 Å². The zero-order chi connectivity index (χ0) is 9.68. The molecule has 0 saturated heterocycles. The molecule has 3 heteroatoms. The van der Waals surface area contributed by atoms with Gasteiger partial charge in [0.05, 0.1) is 6.54 Å². The smallest absolute Gasteiger partial charge is 0.233 e. The van der Waals surface area contributed by atoms with Gasteiger partial charge in [-0.3, -0.25) is 4.79 Å². The fourth-order valence-electron chi connectivity index (χ4n) is 1.79. The standard InChI is InChI=1S/C10H20N2O/c1-8-3-5-9(6-4-8)12-7-10(13)11-2/h8-9,12H,3-7H2,1-2H3,(H,11,13). The second-order valence-corrected chi connectivity index (χ2v) is 4.01. The quantitative estimate of drug-likeness (QED) is 0.684. The first kappa shape index (κ1) is 10.5. The van der Waals surface area contributed by atoms with Crippen molar-refractivity contribution >= 4 is 5.91 Å². The number of carbonyl (C=O) groups is 1. The van der Waals surface area contributed by atoms with Crippen molar-refractivity contribution in [1.29, 1.82) is 0 Å². The maximum atomic E-state index is 10.9. The van der Waals surface area contributed by atoms with Gasteiger partial charge < -0.3 is 10.6 Å². The second kappa shape index (κ2) is 5.22. The SMILES string of the molecule is CNC(=O)CNC1CCC(C)CC1. The van der Waals surface area contributed by atoms with Crippen LogP contribution in [0.15, 0.2) is 0 Å². The highest BCUT2D eigenvalue weighted by molar-refractivity contribution is 5.77. The summed E-state index contributed by atoms with van der Waals surface area (Å²) in [6, 6.07) is 0.563. The highest BCUT2D eigenvalue weighted by Crippen LogP contribution is 2.23. The number of hydrogen-bond acceptors (Lipinski definition) is 2. The van der Waals surface area contributed by atoms with E-state index in [2.05, 4.69) is 17.6 Å². The van der Waals surface area contributed by atoms with Crippen LogP contribution >= 0.6 is 0 Å². The Morgan fingerprint density at radius 3 is 2.46 bits per heavy atom. The molecular formula is C10H20N2O. The fourth-order valence-corrected chi connectivity index (χ4v) is 1.79. The minimum atomic E-state index is 0.0821. The molecule has 1 amide bonds. The molecule has 13 heavy (non-hydrogen) atoms. The molecule has 0 bridgehead atoms. The average Bonchev–Trinajstić information content (AvgIpc) is 2.16. The molecule has 1 aliphatic carbocycles. The van der Waals surface area contributed by atoms with Crippen LogP contribution in [0.4, 0.5) is 0 Å². The first-order valence-electron chi connectivity index (χ1n) is 5.16. The van der Waals surface area contributed by atoms with Crippen molar-refractivity contribution in [1.82, 2.24) is 10.6 Å². The van der Waals surface area contributed by atoms with Crippen LogP contribution in [0.3, 0.4) is 0 Å². The van der Waals surface area contributed by atoms with E-state index in [1.807, 2.05) is 0 Å². The molecule has 0 heterocycles. The van der Waals surface area contributed by atoms with Crippen LogP contribution in [0, 0.1) is 5.92 Å². The van der Waals surface area contributed by atoms with E-state index in [1.165, 1.54) is 25.7 Å². The van der Waals surface area contributed by atoms with Gasteiger partial charge in [-0.25, -0.2) is 0 Å². The maximum Gasteiger partial charge on any atom is 0.233 e. The van der Waals surface area contributed by atoms with Crippen molar-refractivity contribution in [2.45, 2.75) is 38.6 Å². The van der Waals surface area contributed by atoms with E-state index in [4.69, 9.17) is 0 Å². The van der Waals surface area contributed by atoms with Crippen LogP contribution in [0.5, 0.6) is 0 Å². The van der Waals surface area contributed by atoms with Gasteiger partial charge in [0, 0.05) is 13.1 Å². The van der Waals surface area contributed by atoms with Crippen LogP contribution in [0.25, 0.3) is 0 Å². The number of carbonyl (C=O) groups excluding carboxylic acids is 1. The molecular weight excluding hydrogens is 164 g/mol. The third-order valence-corrected chi connectivity index (χ3v) is 2.85. The van der Waals surface area contributed by atoms with Crippen molar-refractivity contribution in [3.63, 3.8) is 0 Å². The molecule has 3 nitrogen and oxygen atoms in total. The van der Waals surface area contributed by atoms with Gasteiger partial charge in [-0.1, -0.05) is 6.92 Å². The van der Waals surface area contributed by atoms with Gasteiger partial charge in [0.1, 0.15) is 0 Å². The Bertz CT molecular complexity index is 162. The second-order valence-electron chi connectivity index (χ2n) is 4.01. The third kappa shape index (κ3) is 3.77. The largest absolute Gasteiger partial charge is 0.358 e. The molecule has 0 aliphatic heterocycles. The van der Waals surface area contributed by atoms with Gasteiger partial charge in [-0.05, 0) is 31.6 Å². The van der Waals surface area contributed by atoms with Crippen molar-refractivity contribution in [3.8, 4) is 0 Å². The van der Waals surface area contributed by atoms with E-state index >= 15 is 0 Å². The minimum absolute atomic E-state index is 0.0821. The van der Waals surface area contributed by atoms with Gasteiger partial charge >= 0.3 is 0 Å². The molecule has 1 aliphatic rings. The lowest BCUT2D eigenvalue weighted by molar-refractivity contribution is -0.119. The molecule has 1 saturated carbocycles. The number of amides is 1. The van der Waals surface area contributed by atoms with E-state index in [0.717, 1.165) is 5.92 Å². The monoisotopic (exact) mass is 184 g/mol. The van der Waals surface area contributed by atoms with Crippen LogP contribution in [0.2, 0.25) is 0 Å². The van der Waals surface area contributed by atoms with Crippen LogP contribution < -0.4 is 10.6 Å². The van der Waals surface area contributed by atoms with E-state index in [-0.39, 0.29) is 5.91 Å². The molecule has 1 fully saturated rings. The summed E-state index contributed by atoms with van der Waals surface area (Å²) in [5.41, 5.74) is 0. The Labute approximate surface area is 80.3 Å². The summed E-state index contributed by atoms with van der Waals surface area (Å²) in [4.78, 5) is 10.9. The number of rotatable bonds is 3. The highest BCUT2D eigenvalue weighted by Gasteiger charge is 2.17. The lowest BCUT2D eigenvalue weighted by Gasteiger charge is -2.26. The summed E-state index contributed by atoms with van der Waals surface area (Å²) in [7, 11) is 1.67. The van der Waals surface area contributed by atoms with Crippen molar-refractivity contribution in [3.05, 3.63) is 0 Å². The lowest BCUT2D eigenvalue weighted by atomic mass is 9.87.